The predicted octanol–water partition coefficient (Wildman–Crippen LogP) is 2.88. The van der Waals surface area contributed by atoms with Crippen molar-refractivity contribution in [2.75, 3.05) is 25.5 Å². The van der Waals surface area contributed by atoms with Gasteiger partial charge in [-0.05, 0) is 56.6 Å². The minimum atomic E-state index is -0.276. The molecule has 0 unspecified atom stereocenters. The number of likely N-dealkylation sites (tertiary alicyclic amines) is 1. The number of anilines is 1. The molecule has 110 valence electrons. The average Bonchev–Trinajstić information content (AvgIpc) is 2.42. The van der Waals surface area contributed by atoms with Gasteiger partial charge in [0.25, 0.3) is 0 Å². The zero-order valence-electron chi connectivity index (χ0n) is 12.9. The van der Waals surface area contributed by atoms with Crippen LogP contribution in [0.5, 0.6) is 0 Å². The van der Waals surface area contributed by atoms with Gasteiger partial charge in [0.2, 0.25) is 5.91 Å². The molecule has 2 rings (SSSR count). The SMILES string of the molecule is CC(C)c1ccnc(NC(=O)C2(C)CCN(C)CC2)c1. The van der Waals surface area contributed by atoms with Crippen LogP contribution >= 0.6 is 0 Å². The number of pyridine rings is 1. The fraction of sp³-hybridized carbons (Fsp3) is 0.625. The Balaban J connectivity index is 2.06. The van der Waals surface area contributed by atoms with E-state index in [1.807, 2.05) is 12.1 Å². The van der Waals surface area contributed by atoms with Crippen molar-refractivity contribution < 1.29 is 4.79 Å². The Bertz CT molecular complexity index is 476. The molecule has 1 aromatic rings. The molecule has 1 aromatic heterocycles. The van der Waals surface area contributed by atoms with E-state index in [-0.39, 0.29) is 11.3 Å². The molecule has 0 saturated carbocycles. The van der Waals surface area contributed by atoms with Crippen molar-refractivity contribution in [3.63, 3.8) is 0 Å². The van der Waals surface area contributed by atoms with Crippen molar-refractivity contribution >= 4 is 11.7 Å². The van der Waals surface area contributed by atoms with Gasteiger partial charge >= 0.3 is 0 Å². The second-order valence-corrected chi connectivity index (χ2v) is 6.45. The lowest BCUT2D eigenvalue weighted by Crippen LogP contribution is -2.43. The quantitative estimate of drug-likeness (QED) is 0.922. The van der Waals surface area contributed by atoms with E-state index in [0.29, 0.717) is 11.7 Å². The van der Waals surface area contributed by atoms with Gasteiger partial charge in [-0.2, -0.15) is 0 Å². The van der Waals surface area contributed by atoms with Crippen LogP contribution in [0.1, 0.15) is 45.1 Å². The summed E-state index contributed by atoms with van der Waals surface area (Å²) in [5.41, 5.74) is 0.922. The van der Waals surface area contributed by atoms with Gasteiger partial charge in [0.05, 0.1) is 0 Å². The maximum atomic E-state index is 12.5. The van der Waals surface area contributed by atoms with Gasteiger partial charge in [-0.3, -0.25) is 4.79 Å². The second kappa shape index (κ2) is 5.92. The minimum absolute atomic E-state index is 0.0963. The molecule has 4 nitrogen and oxygen atoms in total. The van der Waals surface area contributed by atoms with Crippen molar-refractivity contribution in [1.29, 1.82) is 0 Å². The predicted molar refractivity (Wildman–Crippen MR) is 81.8 cm³/mol. The summed E-state index contributed by atoms with van der Waals surface area (Å²) >= 11 is 0. The van der Waals surface area contributed by atoms with Crippen LogP contribution in [0.2, 0.25) is 0 Å². The molecular weight excluding hydrogens is 250 g/mol. The number of carbonyl (C=O) groups is 1. The highest BCUT2D eigenvalue weighted by molar-refractivity contribution is 5.94. The number of hydrogen-bond donors (Lipinski definition) is 1. The maximum absolute atomic E-state index is 12.5. The van der Waals surface area contributed by atoms with Crippen molar-refractivity contribution in [3.8, 4) is 0 Å². The molecule has 20 heavy (non-hydrogen) atoms. The normalized spacial score (nSPS) is 19.1. The van der Waals surface area contributed by atoms with Gasteiger partial charge in [0.15, 0.2) is 0 Å². The van der Waals surface area contributed by atoms with E-state index in [4.69, 9.17) is 0 Å². The van der Waals surface area contributed by atoms with E-state index in [2.05, 4.69) is 43.0 Å². The Labute approximate surface area is 121 Å². The molecule has 1 fully saturated rings. The summed E-state index contributed by atoms with van der Waals surface area (Å²) in [6.45, 7) is 8.28. The van der Waals surface area contributed by atoms with Crippen LogP contribution in [0.4, 0.5) is 5.82 Å². The van der Waals surface area contributed by atoms with E-state index in [1.54, 1.807) is 6.20 Å². The molecule has 1 amide bonds. The molecular formula is C16H25N3O. The third kappa shape index (κ3) is 3.37. The van der Waals surface area contributed by atoms with Gasteiger partial charge in [-0.1, -0.05) is 20.8 Å². The van der Waals surface area contributed by atoms with E-state index < -0.39 is 0 Å². The topological polar surface area (TPSA) is 45.2 Å². The Morgan fingerprint density at radius 1 is 1.40 bits per heavy atom. The third-order valence-corrected chi connectivity index (χ3v) is 4.33. The van der Waals surface area contributed by atoms with Crippen LogP contribution in [-0.2, 0) is 4.79 Å². The number of carbonyl (C=O) groups excluding carboxylic acids is 1. The van der Waals surface area contributed by atoms with Crippen LogP contribution in [0, 0.1) is 5.41 Å². The monoisotopic (exact) mass is 275 g/mol. The zero-order chi connectivity index (χ0) is 14.8. The number of nitrogens with one attached hydrogen (secondary N) is 1. The molecule has 1 aliphatic heterocycles. The molecule has 1 aliphatic rings. The van der Waals surface area contributed by atoms with Crippen molar-refractivity contribution in [2.24, 2.45) is 5.41 Å². The summed E-state index contributed by atoms with van der Waals surface area (Å²) in [5.74, 6) is 1.20. The first-order chi connectivity index (χ1) is 9.40. The fourth-order valence-corrected chi connectivity index (χ4v) is 2.48. The summed E-state index contributed by atoms with van der Waals surface area (Å²) in [4.78, 5) is 19.0. The number of hydrogen-bond acceptors (Lipinski definition) is 3. The van der Waals surface area contributed by atoms with Crippen molar-refractivity contribution in [1.82, 2.24) is 9.88 Å². The molecule has 2 heterocycles. The highest BCUT2D eigenvalue weighted by atomic mass is 16.2. The highest BCUT2D eigenvalue weighted by Gasteiger charge is 2.36. The van der Waals surface area contributed by atoms with Crippen molar-refractivity contribution in [3.05, 3.63) is 23.9 Å². The van der Waals surface area contributed by atoms with E-state index in [0.717, 1.165) is 25.9 Å². The lowest BCUT2D eigenvalue weighted by atomic mass is 9.79. The summed E-state index contributed by atoms with van der Waals surface area (Å²) in [5, 5.41) is 2.99. The Kier molecular flexibility index (Phi) is 4.43. The smallest absolute Gasteiger partial charge is 0.231 e. The molecule has 0 spiro atoms. The molecule has 0 aromatic carbocycles. The Morgan fingerprint density at radius 2 is 2.05 bits per heavy atom. The highest BCUT2D eigenvalue weighted by Crippen LogP contribution is 2.31. The summed E-state index contributed by atoms with van der Waals surface area (Å²) in [6, 6.07) is 3.97. The first-order valence-electron chi connectivity index (χ1n) is 7.37. The standard InChI is InChI=1S/C16H25N3O/c1-12(2)13-5-8-17-14(11-13)18-15(20)16(3)6-9-19(4)10-7-16/h5,8,11-12H,6-7,9-10H2,1-4H3,(H,17,18,20). The molecule has 0 aliphatic carbocycles. The molecule has 1 saturated heterocycles. The van der Waals surface area contributed by atoms with E-state index >= 15 is 0 Å². The maximum Gasteiger partial charge on any atom is 0.231 e. The largest absolute Gasteiger partial charge is 0.310 e. The van der Waals surface area contributed by atoms with Crippen LogP contribution < -0.4 is 5.32 Å². The van der Waals surface area contributed by atoms with Gasteiger partial charge in [-0.15, -0.1) is 0 Å². The van der Waals surface area contributed by atoms with E-state index in [1.165, 1.54) is 5.56 Å². The molecule has 0 atom stereocenters. The molecule has 1 N–H and O–H groups in total. The van der Waals surface area contributed by atoms with Crippen LogP contribution in [0.15, 0.2) is 18.3 Å². The number of nitrogens with zero attached hydrogens (tertiary/aromatic N) is 2. The Morgan fingerprint density at radius 3 is 2.65 bits per heavy atom. The van der Waals surface area contributed by atoms with Crippen molar-refractivity contribution in [2.45, 2.75) is 39.5 Å². The van der Waals surface area contributed by atoms with Gasteiger partial charge < -0.3 is 10.2 Å². The average molecular weight is 275 g/mol. The van der Waals surface area contributed by atoms with E-state index in [9.17, 15) is 4.79 Å². The van der Waals surface area contributed by atoms with Crippen LogP contribution in [0.3, 0.4) is 0 Å². The van der Waals surface area contributed by atoms with Gasteiger partial charge in [-0.25, -0.2) is 4.98 Å². The molecule has 0 bridgehead atoms. The van der Waals surface area contributed by atoms with Crippen LogP contribution in [-0.4, -0.2) is 35.9 Å². The fourth-order valence-electron chi connectivity index (χ4n) is 2.48. The number of aromatic nitrogens is 1. The lowest BCUT2D eigenvalue weighted by Gasteiger charge is -2.36. The first-order valence-corrected chi connectivity index (χ1v) is 7.37. The summed E-state index contributed by atoms with van der Waals surface area (Å²) in [6.07, 6.45) is 3.57. The molecule has 0 radical (unpaired) electrons. The summed E-state index contributed by atoms with van der Waals surface area (Å²) in [7, 11) is 2.10. The third-order valence-electron chi connectivity index (χ3n) is 4.33. The number of rotatable bonds is 3. The minimum Gasteiger partial charge on any atom is -0.310 e. The number of amides is 1. The zero-order valence-corrected chi connectivity index (χ0v) is 12.9. The first kappa shape index (κ1) is 15.0. The Hall–Kier alpha value is -1.42. The number of piperidine rings is 1. The lowest BCUT2D eigenvalue weighted by molar-refractivity contribution is -0.127. The summed E-state index contributed by atoms with van der Waals surface area (Å²) < 4.78 is 0. The van der Waals surface area contributed by atoms with Gasteiger partial charge in [0.1, 0.15) is 5.82 Å². The van der Waals surface area contributed by atoms with Crippen LogP contribution in [0.25, 0.3) is 0 Å². The van der Waals surface area contributed by atoms with Gasteiger partial charge in [0, 0.05) is 11.6 Å². The molecule has 4 heteroatoms. The second-order valence-electron chi connectivity index (χ2n) is 6.45.